The van der Waals surface area contributed by atoms with Gasteiger partial charge in [-0.25, -0.2) is 0 Å². The molecule has 1 aromatic heterocycles. The second kappa shape index (κ2) is 6.53. The smallest absolute Gasteiger partial charge is 0.0662 e. The molecule has 3 heteroatoms. The molecule has 0 spiro atoms. The van der Waals surface area contributed by atoms with Gasteiger partial charge in [-0.15, -0.1) is 0 Å². The van der Waals surface area contributed by atoms with E-state index in [0.29, 0.717) is 6.61 Å². The van der Waals surface area contributed by atoms with Crippen LogP contribution in [0.1, 0.15) is 30.5 Å². The van der Waals surface area contributed by atoms with Crippen LogP contribution in [0, 0.1) is 6.92 Å². The summed E-state index contributed by atoms with van der Waals surface area (Å²) in [4.78, 5) is 4.15. The van der Waals surface area contributed by atoms with Crippen molar-refractivity contribution >= 4 is 0 Å². The van der Waals surface area contributed by atoms with Crippen molar-refractivity contribution in [2.45, 2.75) is 26.3 Å². The van der Waals surface area contributed by atoms with Gasteiger partial charge in [0.25, 0.3) is 0 Å². The number of ether oxygens (including phenoxy) is 1. The normalized spacial score (nSPS) is 12.7. The number of likely N-dealkylation sites (N-methyl/N-ethyl adjacent to an activating group) is 1. The first kappa shape index (κ1) is 12.1. The van der Waals surface area contributed by atoms with Crippen molar-refractivity contribution in [2.75, 3.05) is 20.3 Å². The molecule has 1 atom stereocenters. The number of nitrogens with one attached hydrogen (secondary N) is 1. The summed E-state index contributed by atoms with van der Waals surface area (Å²) in [6, 6.07) is 2.27. The van der Waals surface area contributed by atoms with Crippen LogP contribution in [0.3, 0.4) is 0 Å². The molecule has 0 saturated heterocycles. The third kappa shape index (κ3) is 3.61. The monoisotopic (exact) mass is 208 g/mol. The predicted octanol–water partition coefficient (Wildman–Crippen LogP) is 2.08. The highest BCUT2D eigenvalue weighted by Crippen LogP contribution is 2.15. The van der Waals surface area contributed by atoms with Gasteiger partial charge in [-0.2, -0.15) is 0 Å². The van der Waals surface area contributed by atoms with E-state index < -0.39 is 0 Å². The lowest BCUT2D eigenvalue weighted by atomic mass is 10.1. The van der Waals surface area contributed by atoms with E-state index in [-0.39, 0.29) is 6.04 Å². The van der Waals surface area contributed by atoms with Gasteiger partial charge in [-0.1, -0.05) is 6.92 Å². The topological polar surface area (TPSA) is 34.1 Å². The van der Waals surface area contributed by atoms with Crippen LogP contribution < -0.4 is 5.32 Å². The fourth-order valence-corrected chi connectivity index (χ4v) is 1.52. The zero-order valence-corrected chi connectivity index (χ0v) is 9.79. The average molecular weight is 208 g/mol. The predicted molar refractivity (Wildman–Crippen MR) is 61.9 cm³/mol. The molecule has 0 radical (unpaired) electrons. The van der Waals surface area contributed by atoms with Crippen LogP contribution in [-0.2, 0) is 4.74 Å². The molecule has 1 unspecified atom stereocenters. The first-order valence-electron chi connectivity index (χ1n) is 5.45. The van der Waals surface area contributed by atoms with Gasteiger partial charge in [0.1, 0.15) is 0 Å². The Labute approximate surface area is 91.9 Å². The Morgan fingerprint density at radius 2 is 2.33 bits per heavy atom. The molecule has 0 saturated carbocycles. The molecule has 0 aromatic carbocycles. The zero-order valence-electron chi connectivity index (χ0n) is 9.79. The maximum Gasteiger partial charge on any atom is 0.0662 e. The average Bonchev–Trinajstić information content (AvgIpc) is 2.26. The summed E-state index contributed by atoms with van der Waals surface area (Å²) in [5.74, 6) is 0. The molecule has 1 heterocycles. The lowest BCUT2D eigenvalue weighted by Gasteiger charge is -2.18. The second-order valence-electron chi connectivity index (χ2n) is 3.65. The highest BCUT2D eigenvalue weighted by atomic mass is 16.5. The maximum atomic E-state index is 5.55. The van der Waals surface area contributed by atoms with E-state index in [0.717, 1.165) is 13.0 Å². The highest BCUT2D eigenvalue weighted by molar-refractivity contribution is 5.24. The Morgan fingerprint density at radius 3 is 2.93 bits per heavy atom. The van der Waals surface area contributed by atoms with Crippen LogP contribution in [0.4, 0.5) is 0 Å². The largest absolute Gasteiger partial charge is 0.379 e. The van der Waals surface area contributed by atoms with E-state index in [9.17, 15) is 0 Å². The van der Waals surface area contributed by atoms with Crippen molar-refractivity contribution in [3.8, 4) is 0 Å². The standard InChI is InChI=1S/C12H20N2O/c1-4-7-15-9-12(13-3)11-8-14-6-5-10(11)2/h5-6,8,12-13H,4,7,9H2,1-3H3. The maximum absolute atomic E-state index is 5.55. The van der Waals surface area contributed by atoms with Crippen molar-refractivity contribution in [2.24, 2.45) is 0 Å². The molecule has 0 amide bonds. The SMILES string of the molecule is CCCOCC(NC)c1cnccc1C. The molecule has 1 N–H and O–H groups in total. The van der Waals surface area contributed by atoms with Crippen molar-refractivity contribution in [3.63, 3.8) is 0 Å². The zero-order chi connectivity index (χ0) is 11.1. The minimum Gasteiger partial charge on any atom is -0.379 e. The second-order valence-corrected chi connectivity index (χ2v) is 3.65. The van der Waals surface area contributed by atoms with Crippen LogP contribution in [0.2, 0.25) is 0 Å². The van der Waals surface area contributed by atoms with E-state index in [1.807, 2.05) is 25.5 Å². The van der Waals surface area contributed by atoms with Crippen LogP contribution in [-0.4, -0.2) is 25.2 Å². The van der Waals surface area contributed by atoms with Crippen LogP contribution in [0.25, 0.3) is 0 Å². The van der Waals surface area contributed by atoms with Gasteiger partial charge in [0, 0.05) is 19.0 Å². The Hall–Kier alpha value is -0.930. The van der Waals surface area contributed by atoms with Crippen molar-refractivity contribution < 1.29 is 4.74 Å². The summed E-state index contributed by atoms with van der Waals surface area (Å²) in [5, 5.41) is 3.25. The summed E-state index contributed by atoms with van der Waals surface area (Å²) >= 11 is 0. The summed E-state index contributed by atoms with van der Waals surface area (Å²) in [5.41, 5.74) is 2.47. The van der Waals surface area contributed by atoms with Crippen molar-refractivity contribution in [1.82, 2.24) is 10.3 Å². The number of rotatable bonds is 6. The molecule has 0 aliphatic heterocycles. The fraction of sp³-hybridized carbons (Fsp3) is 0.583. The Bertz CT molecular complexity index is 289. The lowest BCUT2D eigenvalue weighted by molar-refractivity contribution is 0.114. The summed E-state index contributed by atoms with van der Waals surface area (Å²) < 4.78 is 5.55. The van der Waals surface area contributed by atoms with Crippen LogP contribution in [0.5, 0.6) is 0 Å². The molecule has 1 rings (SSSR count). The van der Waals surface area contributed by atoms with Gasteiger partial charge < -0.3 is 10.1 Å². The van der Waals surface area contributed by atoms with E-state index in [4.69, 9.17) is 4.74 Å². The Kier molecular flexibility index (Phi) is 5.29. The van der Waals surface area contributed by atoms with Crippen molar-refractivity contribution in [3.05, 3.63) is 29.6 Å². The lowest BCUT2D eigenvalue weighted by Crippen LogP contribution is -2.23. The van der Waals surface area contributed by atoms with Gasteiger partial charge >= 0.3 is 0 Å². The van der Waals surface area contributed by atoms with Crippen LogP contribution >= 0.6 is 0 Å². The van der Waals surface area contributed by atoms with E-state index in [2.05, 4.69) is 24.1 Å². The van der Waals surface area contributed by atoms with Gasteiger partial charge in [-0.3, -0.25) is 4.98 Å². The third-order valence-corrected chi connectivity index (χ3v) is 2.44. The number of nitrogens with zero attached hydrogens (tertiary/aromatic N) is 1. The minimum absolute atomic E-state index is 0.241. The Morgan fingerprint density at radius 1 is 1.53 bits per heavy atom. The third-order valence-electron chi connectivity index (χ3n) is 2.44. The first-order chi connectivity index (χ1) is 7.29. The molecule has 84 valence electrons. The van der Waals surface area contributed by atoms with Crippen molar-refractivity contribution in [1.29, 1.82) is 0 Å². The van der Waals surface area contributed by atoms with E-state index in [1.165, 1.54) is 11.1 Å². The van der Waals surface area contributed by atoms with Gasteiger partial charge in [0.15, 0.2) is 0 Å². The first-order valence-corrected chi connectivity index (χ1v) is 5.45. The summed E-state index contributed by atoms with van der Waals surface area (Å²) in [6.45, 7) is 5.74. The number of aryl methyl sites for hydroxylation is 1. The Balaban J connectivity index is 2.61. The molecule has 3 nitrogen and oxygen atoms in total. The number of hydrogen-bond donors (Lipinski definition) is 1. The molecular weight excluding hydrogens is 188 g/mol. The molecule has 0 bridgehead atoms. The molecular formula is C12H20N2O. The van der Waals surface area contributed by atoms with E-state index >= 15 is 0 Å². The molecule has 0 aliphatic rings. The summed E-state index contributed by atoms with van der Waals surface area (Å²) in [7, 11) is 1.95. The minimum atomic E-state index is 0.241. The highest BCUT2D eigenvalue weighted by Gasteiger charge is 2.11. The number of pyridine rings is 1. The quantitative estimate of drug-likeness (QED) is 0.727. The molecule has 0 fully saturated rings. The number of hydrogen-bond acceptors (Lipinski definition) is 3. The van der Waals surface area contributed by atoms with E-state index in [1.54, 1.807) is 0 Å². The van der Waals surface area contributed by atoms with Crippen LogP contribution in [0.15, 0.2) is 18.5 Å². The number of aromatic nitrogens is 1. The summed E-state index contributed by atoms with van der Waals surface area (Å²) in [6.07, 6.45) is 4.78. The molecule has 1 aromatic rings. The molecule has 15 heavy (non-hydrogen) atoms. The van der Waals surface area contributed by atoms with Gasteiger partial charge in [0.2, 0.25) is 0 Å². The fourth-order valence-electron chi connectivity index (χ4n) is 1.52. The van der Waals surface area contributed by atoms with Gasteiger partial charge in [-0.05, 0) is 37.6 Å². The van der Waals surface area contributed by atoms with Gasteiger partial charge in [0.05, 0.1) is 12.6 Å². The molecule has 0 aliphatic carbocycles.